The first kappa shape index (κ1) is 17.9. The monoisotopic (exact) mass is 378 g/mol. The van der Waals surface area contributed by atoms with Gasteiger partial charge in [-0.3, -0.25) is 4.79 Å². The number of benzene rings is 2. The highest BCUT2D eigenvalue weighted by Gasteiger charge is 2.30. The second-order valence-corrected chi connectivity index (χ2v) is 6.13. The Hall–Kier alpha value is -2.87. The van der Waals surface area contributed by atoms with E-state index in [0.717, 1.165) is 17.7 Å². The second-order valence-electron chi connectivity index (χ2n) is 5.27. The smallest absolute Gasteiger partial charge is 0.416 e. The van der Waals surface area contributed by atoms with E-state index in [1.54, 1.807) is 18.6 Å². The zero-order chi connectivity index (χ0) is 18.7. The van der Waals surface area contributed by atoms with Crippen LogP contribution in [0.5, 0.6) is 5.75 Å². The van der Waals surface area contributed by atoms with Gasteiger partial charge in [0.2, 0.25) is 0 Å². The van der Waals surface area contributed by atoms with Crippen molar-refractivity contribution in [3.63, 3.8) is 0 Å². The summed E-state index contributed by atoms with van der Waals surface area (Å²) >= 11 is 1.28. The lowest BCUT2D eigenvalue weighted by Gasteiger charge is -2.08. The quantitative estimate of drug-likeness (QED) is 0.688. The molecule has 0 aliphatic carbocycles. The van der Waals surface area contributed by atoms with Crippen LogP contribution in [-0.2, 0) is 6.18 Å². The standard InChI is InChI=1S/C18H13F3N2O2S/c1-25-15-5-3-2-4-13(15)17-23-14(10-26-17)16(24)22-12-8-6-11(7-9-12)18(19,20)21/h2-10H,1H3,(H,22,24). The summed E-state index contributed by atoms with van der Waals surface area (Å²) in [6.45, 7) is 0. The maximum absolute atomic E-state index is 12.6. The lowest BCUT2D eigenvalue weighted by molar-refractivity contribution is -0.137. The number of carbonyl (C=O) groups excluding carboxylic acids is 1. The Morgan fingerprint density at radius 1 is 1.12 bits per heavy atom. The van der Waals surface area contributed by atoms with Crippen LogP contribution in [-0.4, -0.2) is 18.0 Å². The van der Waals surface area contributed by atoms with Gasteiger partial charge in [-0.2, -0.15) is 13.2 Å². The van der Waals surface area contributed by atoms with Gasteiger partial charge in [0.25, 0.3) is 5.91 Å². The molecule has 0 saturated heterocycles. The molecule has 0 aliphatic rings. The Morgan fingerprint density at radius 3 is 2.46 bits per heavy atom. The molecule has 0 radical (unpaired) electrons. The summed E-state index contributed by atoms with van der Waals surface area (Å²) in [5.74, 6) is 0.138. The summed E-state index contributed by atoms with van der Waals surface area (Å²) in [6, 6.07) is 11.5. The van der Waals surface area contributed by atoms with Crippen LogP contribution in [0.3, 0.4) is 0 Å². The van der Waals surface area contributed by atoms with Gasteiger partial charge >= 0.3 is 6.18 Å². The number of hydrogen-bond acceptors (Lipinski definition) is 4. The molecule has 0 unspecified atom stereocenters. The SMILES string of the molecule is COc1ccccc1-c1nc(C(=O)Nc2ccc(C(F)(F)F)cc2)cs1. The van der Waals surface area contributed by atoms with Gasteiger partial charge in [0.1, 0.15) is 16.5 Å². The Bertz CT molecular complexity index is 921. The van der Waals surface area contributed by atoms with E-state index < -0.39 is 17.6 Å². The number of hydrogen-bond donors (Lipinski definition) is 1. The van der Waals surface area contributed by atoms with Gasteiger partial charge in [-0.1, -0.05) is 12.1 Å². The minimum Gasteiger partial charge on any atom is -0.496 e. The van der Waals surface area contributed by atoms with Crippen LogP contribution in [0, 0.1) is 0 Å². The maximum atomic E-state index is 12.6. The molecular weight excluding hydrogens is 365 g/mol. The number of ether oxygens (including phenoxy) is 1. The van der Waals surface area contributed by atoms with E-state index in [1.807, 2.05) is 18.2 Å². The number of halogens is 3. The number of amides is 1. The number of rotatable bonds is 4. The summed E-state index contributed by atoms with van der Waals surface area (Å²) < 4.78 is 43.0. The van der Waals surface area contributed by atoms with Crippen molar-refractivity contribution in [1.82, 2.24) is 4.98 Å². The van der Waals surface area contributed by atoms with E-state index in [2.05, 4.69) is 10.3 Å². The lowest BCUT2D eigenvalue weighted by Crippen LogP contribution is -2.12. The first-order valence-corrected chi connectivity index (χ1v) is 8.34. The summed E-state index contributed by atoms with van der Waals surface area (Å²) in [4.78, 5) is 16.6. The largest absolute Gasteiger partial charge is 0.496 e. The molecule has 2 aromatic carbocycles. The Morgan fingerprint density at radius 2 is 1.81 bits per heavy atom. The molecular formula is C18H13F3N2O2S. The molecule has 3 rings (SSSR count). The Labute approximate surface area is 151 Å². The molecule has 1 aromatic heterocycles. The van der Waals surface area contributed by atoms with Crippen LogP contribution < -0.4 is 10.1 Å². The number of anilines is 1. The van der Waals surface area contributed by atoms with Crippen molar-refractivity contribution in [2.45, 2.75) is 6.18 Å². The van der Waals surface area contributed by atoms with Gasteiger partial charge in [0.05, 0.1) is 18.2 Å². The number of aromatic nitrogens is 1. The molecule has 8 heteroatoms. The molecule has 0 aliphatic heterocycles. The molecule has 1 heterocycles. The molecule has 0 bridgehead atoms. The summed E-state index contributed by atoms with van der Waals surface area (Å²) in [5, 5.41) is 4.73. The van der Waals surface area contributed by atoms with Gasteiger partial charge in [0, 0.05) is 11.1 Å². The fraction of sp³-hybridized carbons (Fsp3) is 0.111. The topological polar surface area (TPSA) is 51.2 Å². The summed E-state index contributed by atoms with van der Waals surface area (Å²) in [7, 11) is 1.55. The number of nitrogens with one attached hydrogen (secondary N) is 1. The van der Waals surface area contributed by atoms with Crippen LogP contribution in [0.2, 0.25) is 0 Å². The fourth-order valence-corrected chi connectivity index (χ4v) is 3.09. The highest BCUT2D eigenvalue weighted by atomic mass is 32.1. The number of nitrogens with zero attached hydrogens (tertiary/aromatic N) is 1. The summed E-state index contributed by atoms with van der Waals surface area (Å²) in [6.07, 6.45) is -4.42. The van der Waals surface area contributed by atoms with Gasteiger partial charge in [-0.05, 0) is 36.4 Å². The van der Waals surface area contributed by atoms with Crippen molar-refractivity contribution < 1.29 is 22.7 Å². The van der Waals surface area contributed by atoms with Crippen LogP contribution >= 0.6 is 11.3 Å². The van der Waals surface area contributed by atoms with Crippen molar-refractivity contribution in [1.29, 1.82) is 0 Å². The van der Waals surface area contributed by atoms with Crippen molar-refractivity contribution in [2.75, 3.05) is 12.4 Å². The molecule has 4 nitrogen and oxygen atoms in total. The molecule has 0 fully saturated rings. The minimum atomic E-state index is -4.42. The number of alkyl halides is 3. The fourth-order valence-electron chi connectivity index (χ4n) is 2.26. The first-order chi connectivity index (χ1) is 12.4. The van der Waals surface area contributed by atoms with E-state index in [4.69, 9.17) is 4.74 Å². The minimum absolute atomic E-state index is 0.177. The van der Waals surface area contributed by atoms with E-state index in [9.17, 15) is 18.0 Å². The van der Waals surface area contributed by atoms with Crippen molar-refractivity contribution in [2.24, 2.45) is 0 Å². The Balaban J connectivity index is 1.76. The van der Waals surface area contributed by atoms with E-state index in [1.165, 1.54) is 23.5 Å². The molecule has 0 spiro atoms. The number of methoxy groups -OCH3 is 1. The third-order valence-corrected chi connectivity index (χ3v) is 4.42. The third-order valence-electron chi connectivity index (χ3n) is 3.54. The van der Waals surface area contributed by atoms with Crippen LogP contribution in [0.25, 0.3) is 10.6 Å². The van der Waals surface area contributed by atoms with Gasteiger partial charge in [-0.15, -0.1) is 11.3 Å². The Kier molecular flexibility index (Phi) is 4.94. The van der Waals surface area contributed by atoms with Gasteiger partial charge in [-0.25, -0.2) is 4.98 Å². The number of thiazole rings is 1. The first-order valence-electron chi connectivity index (χ1n) is 7.46. The van der Waals surface area contributed by atoms with Crippen molar-refractivity contribution >= 4 is 22.9 Å². The molecule has 134 valence electrons. The molecule has 26 heavy (non-hydrogen) atoms. The van der Waals surface area contributed by atoms with E-state index in [-0.39, 0.29) is 11.4 Å². The van der Waals surface area contributed by atoms with E-state index in [0.29, 0.717) is 10.8 Å². The van der Waals surface area contributed by atoms with Gasteiger partial charge in [0.15, 0.2) is 0 Å². The molecule has 1 N–H and O–H groups in total. The van der Waals surface area contributed by atoms with Crippen LogP contribution in [0.4, 0.5) is 18.9 Å². The average molecular weight is 378 g/mol. The van der Waals surface area contributed by atoms with E-state index >= 15 is 0 Å². The summed E-state index contributed by atoms with van der Waals surface area (Å²) in [5.41, 5.74) is 0.418. The predicted molar refractivity (Wildman–Crippen MR) is 93.5 cm³/mol. The van der Waals surface area contributed by atoms with Crippen LogP contribution in [0.15, 0.2) is 53.9 Å². The zero-order valence-electron chi connectivity index (χ0n) is 13.5. The average Bonchev–Trinajstić information content (AvgIpc) is 3.11. The van der Waals surface area contributed by atoms with Crippen molar-refractivity contribution in [3.8, 4) is 16.3 Å². The highest BCUT2D eigenvalue weighted by molar-refractivity contribution is 7.13. The number of carbonyl (C=O) groups is 1. The maximum Gasteiger partial charge on any atom is 0.416 e. The van der Waals surface area contributed by atoms with Crippen molar-refractivity contribution in [3.05, 3.63) is 65.2 Å². The highest BCUT2D eigenvalue weighted by Crippen LogP contribution is 2.32. The lowest BCUT2D eigenvalue weighted by atomic mass is 10.2. The second kappa shape index (κ2) is 7.17. The molecule has 0 atom stereocenters. The zero-order valence-corrected chi connectivity index (χ0v) is 14.3. The molecule has 1 amide bonds. The molecule has 0 saturated carbocycles. The van der Waals surface area contributed by atoms with Gasteiger partial charge < -0.3 is 10.1 Å². The van der Waals surface area contributed by atoms with Crippen LogP contribution in [0.1, 0.15) is 16.1 Å². The predicted octanol–water partition coefficient (Wildman–Crippen LogP) is 5.09. The third kappa shape index (κ3) is 3.85. The molecule has 3 aromatic rings. The number of para-hydroxylation sites is 1. The normalized spacial score (nSPS) is 11.2.